The Balaban J connectivity index is 1.52. The quantitative estimate of drug-likeness (QED) is 0.912. The van der Waals surface area contributed by atoms with E-state index in [0.29, 0.717) is 36.7 Å². The lowest BCUT2D eigenvalue weighted by molar-refractivity contribution is 0.115. The van der Waals surface area contributed by atoms with Gasteiger partial charge in [-0.05, 0) is 12.1 Å². The van der Waals surface area contributed by atoms with Gasteiger partial charge in [0.15, 0.2) is 0 Å². The van der Waals surface area contributed by atoms with Crippen LogP contribution in [0.1, 0.15) is 12.8 Å². The molecule has 1 saturated heterocycles. The van der Waals surface area contributed by atoms with Gasteiger partial charge in [0.05, 0.1) is 5.69 Å². The van der Waals surface area contributed by atoms with E-state index >= 15 is 0 Å². The zero-order valence-electron chi connectivity index (χ0n) is 12.9. The summed E-state index contributed by atoms with van der Waals surface area (Å²) in [6.45, 7) is 1.07. The van der Waals surface area contributed by atoms with E-state index < -0.39 is 5.82 Å². The number of piperidine rings is 1. The number of rotatable bonds is 3. The number of likely N-dealkylation sites (tertiary alicyclic amines) is 1. The van der Waals surface area contributed by atoms with Gasteiger partial charge in [-0.3, -0.25) is 4.98 Å². The highest BCUT2D eigenvalue weighted by Gasteiger charge is 2.24. The number of amides is 2. The van der Waals surface area contributed by atoms with Crippen molar-refractivity contribution in [1.29, 1.82) is 0 Å². The highest BCUT2D eigenvalue weighted by Crippen LogP contribution is 2.26. The summed E-state index contributed by atoms with van der Waals surface area (Å²) in [6, 6.07) is 7.53. The molecule has 7 heteroatoms. The third-order valence-corrected chi connectivity index (χ3v) is 4.16. The molecule has 0 spiro atoms. The van der Waals surface area contributed by atoms with Crippen LogP contribution in [0.25, 0.3) is 0 Å². The van der Waals surface area contributed by atoms with E-state index in [1.54, 1.807) is 29.3 Å². The molecule has 1 aromatic carbocycles. The maximum atomic E-state index is 13.6. The van der Waals surface area contributed by atoms with E-state index in [1.165, 1.54) is 18.3 Å². The molecule has 0 unspecified atom stereocenters. The third kappa shape index (κ3) is 3.94. The summed E-state index contributed by atoms with van der Waals surface area (Å²) in [6.07, 6.45) is 4.51. The number of nitrogens with one attached hydrogen (secondary N) is 1. The minimum atomic E-state index is -0.448. The Labute approximate surface area is 144 Å². The fourth-order valence-corrected chi connectivity index (χ4v) is 2.74. The van der Waals surface area contributed by atoms with E-state index in [9.17, 15) is 9.18 Å². The molecule has 0 bridgehead atoms. The molecule has 0 radical (unpaired) electrons. The number of carbonyl (C=O) groups excluding carboxylic acids is 1. The minimum Gasteiger partial charge on any atom is -0.489 e. The number of para-hydroxylation sites is 1. The predicted octanol–water partition coefficient (Wildman–Crippen LogP) is 3.95. The molecule has 2 heterocycles. The van der Waals surface area contributed by atoms with Gasteiger partial charge in [0.25, 0.3) is 0 Å². The van der Waals surface area contributed by atoms with Crippen molar-refractivity contribution in [3.05, 3.63) is 53.6 Å². The van der Waals surface area contributed by atoms with Crippen LogP contribution in [0.5, 0.6) is 5.75 Å². The fraction of sp³-hybridized carbons (Fsp3) is 0.294. The smallest absolute Gasteiger partial charge is 0.321 e. The summed E-state index contributed by atoms with van der Waals surface area (Å²) < 4.78 is 19.4. The molecule has 0 aliphatic carbocycles. The topological polar surface area (TPSA) is 54.5 Å². The lowest BCUT2D eigenvalue weighted by Crippen LogP contribution is -2.43. The maximum absolute atomic E-state index is 13.6. The number of hydrogen-bond acceptors (Lipinski definition) is 3. The van der Waals surface area contributed by atoms with Crippen molar-refractivity contribution in [2.75, 3.05) is 18.4 Å². The summed E-state index contributed by atoms with van der Waals surface area (Å²) in [4.78, 5) is 17.8. The van der Waals surface area contributed by atoms with Crippen LogP contribution < -0.4 is 10.1 Å². The maximum Gasteiger partial charge on any atom is 0.321 e. The average molecular weight is 350 g/mol. The number of pyridine rings is 1. The van der Waals surface area contributed by atoms with E-state index in [4.69, 9.17) is 16.3 Å². The average Bonchev–Trinajstić information content (AvgIpc) is 2.59. The molecular formula is C17H17ClFN3O2. The Bertz CT molecular complexity index is 720. The van der Waals surface area contributed by atoms with Crippen LogP contribution in [-0.4, -0.2) is 35.1 Å². The standard InChI is InChI=1S/C17H17ClFN3O2/c18-13-11-20-8-5-16(13)24-12-6-9-22(10-7-12)17(23)21-15-4-2-1-3-14(15)19/h1-5,8,11-12H,6-7,9-10H2,(H,21,23). The first-order valence-corrected chi connectivity index (χ1v) is 8.08. The van der Waals surface area contributed by atoms with Gasteiger partial charge in [0.2, 0.25) is 0 Å². The third-order valence-electron chi connectivity index (χ3n) is 3.87. The number of anilines is 1. The van der Waals surface area contributed by atoms with Crippen molar-refractivity contribution < 1.29 is 13.9 Å². The van der Waals surface area contributed by atoms with Crippen LogP contribution in [-0.2, 0) is 0 Å². The lowest BCUT2D eigenvalue weighted by atomic mass is 10.1. The molecule has 2 amide bonds. The number of ether oxygens (including phenoxy) is 1. The SMILES string of the molecule is O=C(Nc1ccccc1F)N1CCC(Oc2ccncc2Cl)CC1. The van der Waals surface area contributed by atoms with E-state index in [0.717, 1.165) is 0 Å². The summed E-state index contributed by atoms with van der Waals surface area (Å²) in [7, 11) is 0. The number of urea groups is 1. The van der Waals surface area contributed by atoms with Crippen molar-refractivity contribution >= 4 is 23.3 Å². The number of nitrogens with zero attached hydrogens (tertiary/aromatic N) is 2. The van der Waals surface area contributed by atoms with E-state index in [2.05, 4.69) is 10.3 Å². The molecule has 5 nitrogen and oxygen atoms in total. The number of halogens is 2. The van der Waals surface area contributed by atoms with Gasteiger partial charge < -0.3 is 15.0 Å². The second-order valence-corrected chi connectivity index (χ2v) is 5.93. The Kier molecular flexibility index (Phi) is 5.15. The Morgan fingerprint density at radius 3 is 2.75 bits per heavy atom. The fourth-order valence-electron chi connectivity index (χ4n) is 2.57. The largest absolute Gasteiger partial charge is 0.489 e. The van der Waals surface area contributed by atoms with E-state index in [-0.39, 0.29) is 17.8 Å². The Morgan fingerprint density at radius 1 is 1.29 bits per heavy atom. The molecule has 1 aliphatic heterocycles. The first-order chi connectivity index (χ1) is 11.6. The first-order valence-electron chi connectivity index (χ1n) is 7.70. The monoisotopic (exact) mass is 349 g/mol. The second kappa shape index (κ2) is 7.49. The molecule has 0 saturated carbocycles. The molecule has 1 aliphatic rings. The molecular weight excluding hydrogens is 333 g/mol. The van der Waals surface area contributed by atoms with Gasteiger partial charge in [-0.25, -0.2) is 9.18 Å². The lowest BCUT2D eigenvalue weighted by Gasteiger charge is -2.32. The zero-order chi connectivity index (χ0) is 16.9. The van der Waals surface area contributed by atoms with Crippen LogP contribution in [0.4, 0.5) is 14.9 Å². The molecule has 0 atom stereocenters. The molecule has 2 aromatic rings. The van der Waals surface area contributed by atoms with Crippen LogP contribution in [0.3, 0.4) is 0 Å². The van der Waals surface area contributed by atoms with Crippen LogP contribution in [0.15, 0.2) is 42.7 Å². The van der Waals surface area contributed by atoms with Crippen molar-refractivity contribution in [3.63, 3.8) is 0 Å². The van der Waals surface area contributed by atoms with Crippen LogP contribution in [0, 0.1) is 5.82 Å². The molecule has 24 heavy (non-hydrogen) atoms. The highest BCUT2D eigenvalue weighted by molar-refractivity contribution is 6.31. The molecule has 3 rings (SSSR count). The number of hydrogen-bond donors (Lipinski definition) is 1. The molecule has 1 fully saturated rings. The Hall–Kier alpha value is -2.34. The minimum absolute atomic E-state index is 0.0117. The van der Waals surface area contributed by atoms with Gasteiger partial charge in [-0.15, -0.1) is 0 Å². The number of aromatic nitrogens is 1. The normalized spacial score (nSPS) is 15.2. The zero-order valence-corrected chi connectivity index (χ0v) is 13.7. The van der Waals surface area contributed by atoms with Crippen molar-refractivity contribution in [2.24, 2.45) is 0 Å². The highest BCUT2D eigenvalue weighted by atomic mass is 35.5. The van der Waals surface area contributed by atoms with Gasteiger partial charge in [0.1, 0.15) is 22.7 Å². The molecule has 1 aromatic heterocycles. The van der Waals surface area contributed by atoms with Gasteiger partial charge in [-0.1, -0.05) is 23.7 Å². The molecule has 1 N–H and O–H groups in total. The van der Waals surface area contributed by atoms with Gasteiger partial charge in [-0.2, -0.15) is 0 Å². The molecule has 126 valence electrons. The summed E-state index contributed by atoms with van der Waals surface area (Å²) in [5, 5.41) is 3.07. The number of benzene rings is 1. The van der Waals surface area contributed by atoms with Crippen molar-refractivity contribution in [1.82, 2.24) is 9.88 Å². The summed E-state index contributed by atoms with van der Waals surface area (Å²) in [5.41, 5.74) is 0.185. The van der Waals surface area contributed by atoms with Gasteiger partial charge in [0, 0.05) is 44.4 Å². The summed E-state index contributed by atoms with van der Waals surface area (Å²) >= 11 is 6.03. The van der Waals surface area contributed by atoms with Crippen LogP contribution >= 0.6 is 11.6 Å². The Morgan fingerprint density at radius 2 is 2.04 bits per heavy atom. The van der Waals surface area contributed by atoms with Crippen molar-refractivity contribution in [2.45, 2.75) is 18.9 Å². The second-order valence-electron chi connectivity index (χ2n) is 5.52. The predicted molar refractivity (Wildman–Crippen MR) is 89.9 cm³/mol. The van der Waals surface area contributed by atoms with E-state index in [1.807, 2.05) is 0 Å². The summed E-state index contributed by atoms with van der Waals surface area (Å²) in [5.74, 6) is 0.150. The first kappa shape index (κ1) is 16.5. The van der Waals surface area contributed by atoms with Gasteiger partial charge >= 0.3 is 6.03 Å². The van der Waals surface area contributed by atoms with Crippen molar-refractivity contribution in [3.8, 4) is 5.75 Å². The van der Waals surface area contributed by atoms with Crippen LogP contribution in [0.2, 0.25) is 5.02 Å². The number of carbonyl (C=O) groups is 1.